The summed E-state index contributed by atoms with van der Waals surface area (Å²) in [5.41, 5.74) is 5.90. The van der Waals surface area contributed by atoms with Crippen molar-refractivity contribution < 1.29 is 43.2 Å². The van der Waals surface area contributed by atoms with Gasteiger partial charge in [0.1, 0.15) is 5.52 Å². The third-order valence-electron chi connectivity index (χ3n) is 11.0. The fourth-order valence-corrected chi connectivity index (χ4v) is 8.45. The van der Waals surface area contributed by atoms with Crippen molar-refractivity contribution >= 4 is 45.8 Å². The van der Waals surface area contributed by atoms with E-state index < -0.39 is 0 Å². The molecule has 2 N–H and O–H groups in total. The van der Waals surface area contributed by atoms with Gasteiger partial charge in [-0.3, -0.25) is 14.9 Å². The van der Waals surface area contributed by atoms with Gasteiger partial charge < -0.3 is 30.1 Å². The number of hydrogen-bond donors (Lipinski definition) is 2. The van der Waals surface area contributed by atoms with E-state index in [0.717, 1.165) is 50.7 Å². The van der Waals surface area contributed by atoms with Crippen LogP contribution in [0, 0.1) is 0 Å². The van der Waals surface area contributed by atoms with Crippen molar-refractivity contribution in [2.75, 3.05) is 10.6 Å². The zero-order chi connectivity index (χ0) is 37.0. The van der Waals surface area contributed by atoms with Gasteiger partial charge in [-0.25, -0.2) is 0 Å². The summed E-state index contributed by atoms with van der Waals surface area (Å²) in [4.78, 5) is 29.7. The Labute approximate surface area is 340 Å². The van der Waals surface area contributed by atoms with Crippen LogP contribution >= 0.6 is 0 Å². The second kappa shape index (κ2) is 18.1. The number of hydrogen-bond acceptors (Lipinski definition) is 5. The zero-order valence-corrected chi connectivity index (χ0v) is 33.5. The molecule has 9 nitrogen and oxygen atoms in total. The van der Waals surface area contributed by atoms with Gasteiger partial charge in [0.15, 0.2) is 11.4 Å². The summed E-state index contributed by atoms with van der Waals surface area (Å²) in [6.07, 6.45) is 16.0. The van der Waals surface area contributed by atoms with E-state index in [1.807, 2.05) is 69.8 Å². The SMILES string of the molecule is CC(=O)n1c(-c2ccccc2)c(NC2CCCCC2)[n+]2c3ccccc3ccc12.CC(=O)n1c(-c2ccccc2)c(NC2CCCCC2)[n+]2cccnc12.[Cl-].[Cl-]. The lowest BCUT2D eigenvalue weighted by Gasteiger charge is -2.21. The van der Waals surface area contributed by atoms with E-state index in [1.165, 1.54) is 64.2 Å². The van der Waals surface area contributed by atoms with Crippen LogP contribution in [-0.2, 0) is 0 Å². The molecule has 0 radical (unpaired) electrons. The summed E-state index contributed by atoms with van der Waals surface area (Å²) < 4.78 is 7.79. The molecule has 2 saturated carbocycles. The third kappa shape index (κ3) is 8.02. The van der Waals surface area contributed by atoms with Crippen LogP contribution < -0.4 is 44.2 Å². The Morgan fingerprint density at radius 1 is 0.607 bits per heavy atom. The Balaban J connectivity index is 0.000000185. The number of carbonyl (C=O) groups is 2. The van der Waals surface area contributed by atoms with Crippen LogP contribution in [-0.4, -0.2) is 38.0 Å². The topological polar surface area (TPSA) is 89.1 Å². The molecule has 0 atom stereocenters. The van der Waals surface area contributed by atoms with Crippen LogP contribution in [0.2, 0.25) is 0 Å². The number of nitrogens with one attached hydrogen (secondary N) is 2. The molecule has 2 aliphatic rings. The maximum absolute atomic E-state index is 12.8. The highest BCUT2D eigenvalue weighted by molar-refractivity contribution is 5.91. The lowest BCUT2D eigenvalue weighted by Crippen LogP contribution is -3.00. The van der Waals surface area contributed by atoms with E-state index in [-0.39, 0.29) is 36.6 Å². The van der Waals surface area contributed by atoms with Gasteiger partial charge in [-0.2, -0.15) is 17.9 Å². The smallest absolute Gasteiger partial charge is 0.366 e. The van der Waals surface area contributed by atoms with Crippen LogP contribution in [0.1, 0.15) is 87.6 Å². The van der Waals surface area contributed by atoms with Crippen LogP contribution in [0.3, 0.4) is 0 Å². The second-order valence-corrected chi connectivity index (χ2v) is 14.7. The van der Waals surface area contributed by atoms with Crippen molar-refractivity contribution in [3.8, 4) is 22.5 Å². The zero-order valence-electron chi connectivity index (χ0n) is 32.0. The Morgan fingerprint density at radius 3 is 1.70 bits per heavy atom. The van der Waals surface area contributed by atoms with E-state index in [2.05, 4.69) is 68.5 Å². The molecule has 0 aliphatic heterocycles. The van der Waals surface area contributed by atoms with Crippen molar-refractivity contribution in [3.05, 3.63) is 116 Å². The van der Waals surface area contributed by atoms with Gasteiger partial charge >= 0.3 is 5.78 Å². The van der Waals surface area contributed by atoms with Gasteiger partial charge in [-0.1, -0.05) is 117 Å². The number of anilines is 2. The van der Waals surface area contributed by atoms with Crippen molar-refractivity contribution in [1.29, 1.82) is 0 Å². The molecule has 9 rings (SSSR count). The molecule has 7 aromatic rings. The molecule has 2 aliphatic carbocycles. The van der Waals surface area contributed by atoms with Crippen LogP contribution in [0.25, 0.3) is 44.8 Å². The highest BCUT2D eigenvalue weighted by atomic mass is 35.5. The minimum Gasteiger partial charge on any atom is -1.00 e. The average Bonchev–Trinajstić information content (AvgIpc) is 3.73. The first-order chi connectivity index (χ1) is 26.5. The lowest BCUT2D eigenvalue weighted by molar-refractivity contribution is -0.497. The fraction of sp³-hybridized carbons (Fsp3) is 0.311. The molecule has 4 aromatic heterocycles. The molecule has 2 fully saturated rings. The van der Waals surface area contributed by atoms with E-state index in [0.29, 0.717) is 17.9 Å². The van der Waals surface area contributed by atoms with E-state index in [4.69, 9.17) is 0 Å². The summed E-state index contributed by atoms with van der Waals surface area (Å²) in [7, 11) is 0. The Kier molecular flexibility index (Phi) is 13.1. The number of benzene rings is 3. The summed E-state index contributed by atoms with van der Waals surface area (Å²) >= 11 is 0. The molecule has 4 heterocycles. The number of nitrogens with zero attached hydrogens (tertiary/aromatic N) is 5. The number of halogens is 2. The highest BCUT2D eigenvalue weighted by Crippen LogP contribution is 2.33. The van der Waals surface area contributed by atoms with Gasteiger partial charge in [-0.05, 0) is 43.9 Å². The predicted molar refractivity (Wildman–Crippen MR) is 215 cm³/mol. The van der Waals surface area contributed by atoms with Gasteiger partial charge in [0, 0.05) is 36.4 Å². The Morgan fingerprint density at radius 2 is 1.12 bits per heavy atom. The molecular formula is C45H49Cl2N7O2. The standard InChI is InChI=1S/C25H26N3O.C20H23N4O.2ClH/c1-18(29)27-23-17-16-19-10-8-9-15-22(19)28(23)25(26-21-13-6-3-7-14-21)24(27)20-11-4-2-5-12-20;1-15(25)24-18(16-9-4-2-5-10-16)19(22-17-11-6-3-7-12-17)23-14-8-13-21-20(23)24;;/h2,4-5,8-12,15-17,21,26H,3,6-7,13-14H2,1H3;2,4-5,8-10,13-14,17,22H,3,6-7,11-12H2,1H3;2*1H/q2*+1;;/p-2. The monoisotopic (exact) mass is 789 g/mol. The molecule has 11 heteroatoms. The number of carbonyl (C=O) groups excluding carboxylic acids is 2. The second-order valence-electron chi connectivity index (χ2n) is 14.7. The number of fused-ring (bicyclic) bond motifs is 4. The minimum absolute atomic E-state index is 0. The maximum Gasteiger partial charge on any atom is 0.366 e. The molecule has 0 amide bonds. The molecule has 0 bridgehead atoms. The summed E-state index contributed by atoms with van der Waals surface area (Å²) in [5, 5.41) is 8.73. The quantitative estimate of drug-likeness (QED) is 0.253. The van der Waals surface area contributed by atoms with E-state index in [9.17, 15) is 9.59 Å². The molecule has 290 valence electrons. The number of imidazole rings is 2. The first-order valence-electron chi connectivity index (χ1n) is 19.5. The Hall–Kier alpha value is -5.25. The van der Waals surface area contributed by atoms with Gasteiger partial charge in [0.2, 0.25) is 11.5 Å². The van der Waals surface area contributed by atoms with Gasteiger partial charge in [0.05, 0.1) is 24.5 Å². The first kappa shape index (κ1) is 40.4. The molecule has 3 aromatic carbocycles. The summed E-state index contributed by atoms with van der Waals surface area (Å²) in [5.74, 6) is 2.61. The van der Waals surface area contributed by atoms with Gasteiger partial charge in [0.25, 0.3) is 17.6 Å². The third-order valence-corrected chi connectivity index (χ3v) is 11.0. The summed E-state index contributed by atoms with van der Waals surface area (Å²) in [6, 6.07) is 35.6. The highest BCUT2D eigenvalue weighted by Gasteiger charge is 2.32. The van der Waals surface area contributed by atoms with Crippen molar-refractivity contribution in [2.24, 2.45) is 0 Å². The molecule has 56 heavy (non-hydrogen) atoms. The number of rotatable bonds is 6. The van der Waals surface area contributed by atoms with Crippen molar-refractivity contribution in [1.82, 2.24) is 14.1 Å². The predicted octanol–water partition coefficient (Wildman–Crippen LogP) is 3.15. The van der Waals surface area contributed by atoms with Crippen LogP contribution in [0.5, 0.6) is 0 Å². The van der Waals surface area contributed by atoms with Crippen LogP contribution in [0.4, 0.5) is 11.6 Å². The Bertz CT molecular complexity index is 2430. The molecule has 0 spiro atoms. The first-order valence-corrected chi connectivity index (χ1v) is 19.5. The van der Waals surface area contributed by atoms with E-state index in [1.54, 1.807) is 24.6 Å². The van der Waals surface area contributed by atoms with Crippen molar-refractivity contribution in [2.45, 2.75) is 90.1 Å². The molecular weight excluding hydrogens is 741 g/mol. The lowest BCUT2D eigenvalue weighted by atomic mass is 9.95. The van der Waals surface area contributed by atoms with Gasteiger partial charge in [-0.15, -0.1) is 4.98 Å². The molecule has 0 unspecified atom stereocenters. The maximum atomic E-state index is 12.8. The van der Waals surface area contributed by atoms with E-state index >= 15 is 0 Å². The summed E-state index contributed by atoms with van der Waals surface area (Å²) in [6.45, 7) is 3.23. The minimum atomic E-state index is -0.0354. The van der Waals surface area contributed by atoms with Crippen molar-refractivity contribution in [3.63, 3.8) is 0 Å². The fourth-order valence-electron chi connectivity index (χ4n) is 8.45. The number of aromatic nitrogens is 5. The number of pyridine rings is 1. The average molecular weight is 791 g/mol. The molecule has 0 saturated heterocycles. The normalized spacial score (nSPS) is 14.7. The largest absolute Gasteiger partial charge is 1.00 e. The van der Waals surface area contributed by atoms with Crippen LogP contribution in [0.15, 0.2) is 116 Å². The number of para-hydroxylation sites is 1.